The first-order valence-electron chi connectivity index (χ1n) is 15.4. The minimum absolute atomic E-state index is 0.0486. The molecule has 1 saturated heterocycles. The third-order valence-corrected chi connectivity index (χ3v) is 8.56. The number of hydrogen-bond acceptors (Lipinski definition) is 6. The minimum atomic E-state index is -0.980. The highest BCUT2D eigenvalue weighted by Gasteiger charge is 2.31. The molecule has 1 fully saturated rings. The molecule has 228 valence electrons. The van der Waals surface area contributed by atoms with Gasteiger partial charge in [0, 0.05) is 44.2 Å². The van der Waals surface area contributed by atoms with E-state index in [4.69, 9.17) is 14.6 Å². The van der Waals surface area contributed by atoms with Crippen molar-refractivity contribution in [2.24, 2.45) is 5.92 Å². The van der Waals surface area contributed by atoms with Gasteiger partial charge in [0.2, 0.25) is 0 Å². The Balaban J connectivity index is 1.08. The van der Waals surface area contributed by atoms with E-state index in [1.54, 1.807) is 12.1 Å². The van der Waals surface area contributed by atoms with Crippen molar-refractivity contribution in [1.29, 1.82) is 0 Å². The number of anilines is 1. The van der Waals surface area contributed by atoms with Crippen molar-refractivity contribution in [3.63, 3.8) is 0 Å². The van der Waals surface area contributed by atoms with Crippen LogP contribution in [0, 0.1) is 11.7 Å². The van der Waals surface area contributed by atoms with Crippen LogP contribution in [0.15, 0.2) is 72.8 Å². The minimum Gasteiger partial charge on any atom is -0.493 e. The predicted octanol–water partition coefficient (Wildman–Crippen LogP) is 6.25. The molecule has 0 radical (unpaired) electrons. The molecular formula is C35H41FN2O5. The largest absolute Gasteiger partial charge is 0.493 e. The van der Waals surface area contributed by atoms with Crippen molar-refractivity contribution >= 4 is 17.4 Å². The number of unbranched alkanes of at least 4 members (excludes halogenated alkanes) is 2. The van der Waals surface area contributed by atoms with Crippen molar-refractivity contribution in [1.82, 2.24) is 4.90 Å². The molecular weight excluding hydrogens is 547 g/mol. The monoisotopic (exact) mass is 588 g/mol. The van der Waals surface area contributed by atoms with Crippen LogP contribution in [0.2, 0.25) is 0 Å². The van der Waals surface area contributed by atoms with Gasteiger partial charge in [-0.1, -0.05) is 31.0 Å². The Morgan fingerprint density at radius 1 is 0.907 bits per heavy atom. The number of fused-ring (bicyclic) bond motifs is 1. The molecule has 8 heteroatoms. The first-order chi connectivity index (χ1) is 21.0. The predicted molar refractivity (Wildman–Crippen MR) is 165 cm³/mol. The van der Waals surface area contributed by atoms with E-state index in [0.29, 0.717) is 18.8 Å². The normalized spacial score (nSPS) is 19.2. The maximum atomic E-state index is 13.7. The topological polar surface area (TPSA) is 79.3 Å². The number of hydrogen-bond donors (Lipinski definition) is 1. The van der Waals surface area contributed by atoms with Crippen LogP contribution in [-0.4, -0.2) is 67.2 Å². The lowest BCUT2D eigenvalue weighted by atomic mass is 9.86. The van der Waals surface area contributed by atoms with Gasteiger partial charge in [0.15, 0.2) is 11.9 Å². The maximum Gasteiger partial charge on any atom is 0.335 e. The number of piperazine rings is 1. The molecule has 0 aliphatic carbocycles. The summed E-state index contributed by atoms with van der Waals surface area (Å²) < 4.78 is 25.4. The van der Waals surface area contributed by atoms with E-state index in [2.05, 4.69) is 15.9 Å². The highest BCUT2D eigenvalue weighted by molar-refractivity contribution is 5.87. The van der Waals surface area contributed by atoms with Gasteiger partial charge in [-0.15, -0.1) is 0 Å². The Kier molecular flexibility index (Phi) is 10.7. The second kappa shape index (κ2) is 15.0. The van der Waals surface area contributed by atoms with Crippen LogP contribution < -0.4 is 14.4 Å². The van der Waals surface area contributed by atoms with Gasteiger partial charge < -0.3 is 19.5 Å². The lowest BCUT2D eigenvalue weighted by Crippen LogP contribution is -2.46. The van der Waals surface area contributed by atoms with E-state index in [1.807, 2.05) is 30.3 Å². The Morgan fingerprint density at radius 3 is 2.40 bits per heavy atom. The third-order valence-electron chi connectivity index (χ3n) is 8.56. The number of ether oxygens (including phenoxy) is 2. The number of carboxylic acid groups (broad SMARTS) is 1. The number of rotatable bonds is 12. The van der Waals surface area contributed by atoms with Crippen molar-refractivity contribution in [2.45, 2.75) is 51.0 Å². The lowest BCUT2D eigenvalue weighted by molar-refractivity contribution is -0.131. The number of Topliss-reactive ketones (excluding diaryl/α,β-unsaturated/α-hetero) is 1. The molecule has 3 aromatic carbocycles. The van der Waals surface area contributed by atoms with Gasteiger partial charge in [-0.2, -0.15) is 0 Å². The van der Waals surface area contributed by atoms with E-state index in [-0.39, 0.29) is 23.1 Å². The first-order valence-corrected chi connectivity index (χ1v) is 15.4. The van der Waals surface area contributed by atoms with E-state index in [0.717, 1.165) is 88.2 Å². The zero-order valence-corrected chi connectivity index (χ0v) is 24.6. The summed E-state index contributed by atoms with van der Waals surface area (Å²) in [6.07, 6.45) is 5.54. The molecule has 0 aromatic heterocycles. The molecule has 0 saturated carbocycles. The average molecular weight is 589 g/mol. The summed E-state index contributed by atoms with van der Waals surface area (Å²) in [5.41, 5.74) is 2.42. The standard InChI is InChI=1S/C35H41FN2O5/c36-29-13-15-30(16-14-29)38-23-21-37(22-24-38)20-5-1-2-7-27-10-9-26-6-3-4-8-32(26)43-33(34(27)39)19-25-42-31-17-11-28(12-18-31)35(40)41/h3-4,6,8,11-18,27,33H,1-2,5,7,9-10,19-25H2,(H,40,41). The molecule has 0 amide bonds. The Morgan fingerprint density at radius 2 is 1.65 bits per heavy atom. The summed E-state index contributed by atoms with van der Waals surface area (Å²) in [7, 11) is 0. The van der Waals surface area contributed by atoms with Crippen LogP contribution in [0.4, 0.5) is 10.1 Å². The molecule has 43 heavy (non-hydrogen) atoms. The van der Waals surface area contributed by atoms with Gasteiger partial charge >= 0.3 is 5.97 Å². The SMILES string of the molecule is O=C(O)c1ccc(OCCC2Oc3ccccc3CCC(CCCCCN3CCN(c4ccc(F)cc4)CC3)C2=O)cc1. The van der Waals surface area contributed by atoms with Crippen molar-refractivity contribution < 1.29 is 28.6 Å². The smallest absolute Gasteiger partial charge is 0.335 e. The van der Waals surface area contributed by atoms with Crippen LogP contribution in [0.1, 0.15) is 54.4 Å². The third kappa shape index (κ3) is 8.57. The van der Waals surface area contributed by atoms with Gasteiger partial charge in [-0.25, -0.2) is 9.18 Å². The van der Waals surface area contributed by atoms with Gasteiger partial charge in [-0.3, -0.25) is 9.69 Å². The number of benzene rings is 3. The highest BCUT2D eigenvalue weighted by Crippen LogP contribution is 2.30. The number of halogens is 1. The first kappa shape index (κ1) is 30.5. The summed E-state index contributed by atoms with van der Waals surface area (Å²) >= 11 is 0. The number of aromatic carboxylic acids is 1. The zero-order chi connectivity index (χ0) is 30.0. The molecule has 2 heterocycles. The van der Waals surface area contributed by atoms with E-state index in [1.165, 1.54) is 24.3 Å². The number of carboxylic acids is 1. The van der Waals surface area contributed by atoms with E-state index >= 15 is 0 Å². The lowest BCUT2D eigenvalue weighted by Gasteiger charge is -2.36. The molecule has 2 atom stereocenters. The zero-order valence-electron chi connectivity index (χ0n) is 24.6. The molecule has 3 aromatic rings. The quantitative estimate of drug-likeness (QED) is 0.251. The second-order valence-corrected chi connectivity index (χ2v) is 11.5. The summed E-state index contributed by atoms with van der Waals surface area (Å²) in [6, 6.07) is 21.0. The van der Waals surface area contributed by atoms with Crippen LogP contribution in [0.5, 0.6) is 11.5 Å². The number of carbonyl (C=O) groups is 2. The number of nitrogens with zero attached hydrogens (tertiary/aromatic N) is 2. The van der Waals surface area contributed by atoms with Gasteiger partial charge in [0.05, 0.1) is 12.2 Å². The van der Waals surface area contributed by atoms with Gasteiger partial charge in [0.25, 0.3) is 0 Å². The van der Waals surface area contributed by atoms with Gasteiger partial charge in [-0.05, 0) is 92.4 Å². The van der Waals surface area contributed by atoms with Crippen LogP contribution in [-0.2, 0) is 11.2 Å². The molecule has 7 nitrogen and oxygen atoms in total. The fourth-order valence-electron chi connectivity index (χ4n) is 6.02. The molecule has 0 bridgehead atoms. The summed E-state index contributed by atoms with van der Waals surface area (Å²) in [6.45, 7) is 5.25. The van der Waals surface area contributed by atoms with Crippen LogP contribution in [0.3, 0.4) is 0 Å². The number of carbonyl (C=O) groups excluding carboxylic acids is 1. The molecule has 5 rings (SSSR count). The summed E-state index contributed by atoms with van der Waals surface area (Å²) in [5, 5.41) is 9.10. The molecule has 1 N–H and O–H groups in total. The second-order valence-electron chi connectivity index (χ2n) is 11.5. The number of aryl methyl sites for hydroxylation is 1. The van der Waals surface area contributed by atoms with E-state index in [9.17, 15) is 14.0 Å². The van der Waals surface area contributed by atoms with Gasteiger partial charge in [0.1, 0.15) is 17.3 Å². The highest BCUT2D eigenvalue weighted by atomic mass is 19.1. The molecule has 0 spiro atoms. The van der Waals surface area contributed by atoms with Crippen molar-refractivity contribution in [3.05, 3.63) is 89.7 Å². The van der Waals surface area contributed by atoms with Crippen LogP contribution in [0.25, 0.3) is 0 Å². The summed E-state index contributed by atoms with van der Waals surface area (Å²) in [4.78, 5) is 29.6. The molecule has 2 unspecified atom stereocenters. The Hall–Kier alpha value is -3.91. The summed E-state index contributed by atoms with van der Waals surface area (Å²) in [5.74, 6) is 0.254. The van der Waals surface area contributed by atoms with E-state index < -0.39 is 12.1 Å². The fourth-order valence-corrected chi connectivity index (χ4v) is 6.02. The molecule has 2 aliphatic rings. The Labute approximate surface area is 253 Å². The van der Waals surface area contributed by atoms with Crippen LogP contribution >= 0.6 is 0 Å². The average Bonchev–Trinajstić information content (AvgIpc) is 3.02. The maximum absolute atomic E-state index is 13.7. The number of para-hydroxylation sites is 1. The van der Waals surface area contributed by atoms with Crippen molar-refractivity contribution in [3.8, 4) is 11.5 Å². The Bertz CT molecular complexity index is 1340. The number of ketones is 1. The van der Waals surface area contributed by atoms with Crippen molar-refractivity contribution in [2.75, 3.05) is 44.2 Å². The fraction of sp³-hybridized carbons (Fsp3) is 0.429. The molecule has 2 aliphatic heterocycles.